The summed E-state index contributed by atoms with van der Waals surface area (Å²) in [5, 5.41) is -0.0822. The van der Waals surface area contributed by atoms with Crippen molar-refractivity contribution in [3.8, 4) is 0 Å². The Morgan fingerprint density at radius 2 is 2.16 bits per heavy atom. The van der Waals surface area contributed by atoms with Crippen molar-refractivity contribution < 1.29 is 0 Å². The Morgan fingerprint density at radius 3 is 2.84 bits per heavy atom. The van der Waals surface area contributed by atoms with Crippen LogP contribution in [0.1, 0.15) is 31.0 Å². The number of hydrogen-bond acceptors (Lipinski definition) is 3. The third-order valence-corrected chi connectivity index (χ3v) is 3.37. The Balaban J connectivity index is 2.17. The summed E-state index contributed by atoms with van der Waals surface area (Å²) in [6.45, 7) is 4.03. The maximum Gasteiger partial charge on any atom is 0.127 e. The Bertz CT molecular complexity index is 533. The van der Waals surface area contributed by atoms with Crippen LogP contribution < -0.4 is 0 Å². The predicted octanol–water partition coefficient (Wildman–Crippen LogP) is 3.07. The maximum absolute atomic E-state index is 6.23. The average Bonchev–Trinajstić information content (AvgIpc) is 2.73. The van der Waals surface area contributed by atoms with Crippen LogP contribution in [0.5, 0.6) is 0 Å². The highest BCUT2D eigenvalue weighted by Gasteiger charge is 2.14. The van der Waals surface area contributed by atoms with Crippen LogP contribution in [0.3, 0.4) is 0 Å². The minimum absolute atomic E-state index is 0.0822. The number of imidazole rings is 1. The lowest BCUT2D eigenvalue weighted by molar-refractivity contribution is 0.387. The van der Waals surface area contributed by atoms with Gasteiger partial charge in [0.2, 0.25) is 0 Å². The van der Waals surface area contributed by atoms with Crippen LogP contribution >= 0.6 is 11.6 Å². The molecule has 0 aliphatic heterocycles. The monoisotopic (exact) mass is 280 g/mol. The van der Waals surface area contributed by atoms with E-state index in [0.29, 0.717) is 0 Å². The molecule has 0 spiro atoms. The molecule has 19 heavy (non-hydrogen) atoms. The van der Waals surface area contributed by atoms with Crippen molar-refractivity contribution in [2.45, 2.75) is 31.7 Å². The summed E-state index contributed by atoms with van der Waals surface area (Å²) in [6.07, 6.45) is 5.91. The molecule has 2 rings (SSSR count). The number of rotatable bonds is 6. The highest BCUT2D eigenvalue weighted by Crippen LogP contribution is 2.24. The number of alkyl halides is 1. The molecule has 2 aromatic rings. The van der Waals surface area contributed by atoms with Crippen LogP contribution in [-0.2, 0) is 6.54 Å². The smallest absolute Gasteiger partial charge is 0.127 e. The second-order valence-electron chi connectivity index (χ2n) is 5.11. The SMILES string of the molecule is CC(Cl)c1nc2cnccc2n1CCCCN(C)C. The summed E-state index contributed by atoms with van der Waals surface area (Å²) in [5.74, 6) is 0.939. The molecule has 5 heteroatoms. The summed E-state index contributed by atoms with van der Waals surface area (Å²) in [4.78, 5) is 10.9. The number of fused-ring (bicyclic) bond motifs is 1. The normalized spacial score (nSPS) is 13.3. The summed E-state index contributed by atoms with van der Waals surface area (Å²) in [6, 6.07) is 2.01. The van der Waals surface area contributed by atoms with Crippen LogP contribution in [0.25, 0.3) is 11.0 Å². The van der Waals surface area contributed by atoms with E-state index in [2.05, 4.69) is 33.5 Å². The molecule has 1 unspecified atom stereocenters. The fourth-order valence-electron chi connectivity index (χ4n) is 2.24. The van der Waals surface area contributed by atoms with Gasteiger partial charge in [0.1, 0.15) is 11.3 Å². The molecule has 0 fully saturated rings. The van der Waals surface area contributed by atoms with Crippen LogP contribution in [0.15, 0.2) is 18.5 Å². The van der Waals surface area contributed by atoms with E-state index in [0.717, 1.165) is 36.4 Å². The lowest BCUT2D eigenvalue weighted by Crippen LogP contribution is -2.14. The highest BCUT2D eigenvalue weighted by atomic mass is 35.5. The third kappa shape index (κ3) is 3.45. The minimum Gasteiger partial charge on any atom is -0.327 e. The molecule has 0 N–H and O–H groups in total. The van der Waals surface area contributed by atoms with Crippen LogP contribution in [0, 0.1) is 0 Å². The van der Waals surface area contributed by atoms with Gasteiger partial charge in [-0.15, -0.1) is 11.6 Å². The number of aromatic nitrogens is 3. The lowest BCUT2D eigenvalue weighted by atomic mass is 10.3. The maximum atomic E-state index is 6.23. The van der Waals surface area contributed by atoms with Crippen molar-refractivity contribution in [2.75, 3.05) is 20.6 Å². The molecular weight excluding hydrogens is 260 g/mol. The minimum atomic E-state index is -0.0822. The van der Waals surface area contributed by atoms with Gasteiger partial charge in [0.05, 0.1) is 17.1 Å². The molecule has 2 aromatic heterocycles. The number of pyridine rings is 1. The molecule has 0 saturated carbocycles. The standard InChI is InChI=1S/C14H21ClN4/c1-11(15)14-17-12-10-16-7-6-13(12)19(14)9-5-4-8-18(2)3/h6-7,10-11H,4-5,8-9H2,1-3H3. The molecule has 0 radical (unpaired) electrons. The summed E-state index contributed by atoms with van der Waals surface area (Å²) < 4.78 is 2.23. The molecule has 4 nitrogen and oxygen atoms in total. The second kappa shape index (κ2) is 6.35. The first-order valence-electron chi connectivity index (χ1n) is 6.68. The molecule has 0 aromatic carbocycles. The van der Waals surface area contributed by atoms with E-state index >= 15 is 0 Å². The first-order chi connectivity index (χ1) is 9.09. The van der Waals surface area contributed by atoms with Gasteiger partial charge in [-0.2, -0.15) is 0 Å². The van der Waals surface area contributed by atoms with Crippen LogP contribution in [0.4, 0.5) is 0 Å². The zero-order valence-corrected chi connectivity index (χ0v) is 12.6. The molecule has 104 valence electrons. The molecule has 0 saturated heterocycles. The molecule has 0 amide bonds. The van der Waals surface area contributed by atoms with E-state index in [9.17, 15) is 0 Å². The second-order valence-corrected chi connectivity index (χ2v) is 5.77. The molecule has 0 bridgehead atoms. The first kappa shape index (κ1) is 14.3. The van der Waals surface area contributed by atoms with E-state index < -0.39 is 0 Å². The van der Waals surface area contributed by atoms with Gasteiger partial charge in [0.25, 0.3) is 0 Å². The number of halogens is 1. The quantitative estimate of drug-likeness (QED) is 0.602. The van der Waals surface area contributed by atoms with Gasteiger partial charge in [-0.3, -0.25) is 4.98 Å². The van der Waals surface area contributed by atoms with E-state index in [1.54, 1.807) is 6.20 Å². The molecule has 0 aliphatic carbocycles. The number of hydrogen-bond donors (Lipinski definition) is 0. The van der Waals surface area contributed by atoms with Gasteiger partial charge in [0.15, 0.2) is 0 Å². The van der Waals surface area contributed by atoms with Crippen molar-refractivity contribution >= 4 is 22.6 Å². The third-order valence-electron chi connectivity index (χ3n) is 3.17. The molecular formula is C14H21ClN4. The van der Waals surface area contributed by atoms with Gasteiger partial charge in [-0.25, -0.2) is 4.98 Å². The van der Waals surface area contributed by atoms with Gasteiger partial charge < -0.3 is 9.47 Å². The van der Waals surface area contributed by atoms with E-state index in [-0.39, 0.29) is 5.38 Å². The van der Waals surface area contributed by atoms with E-state index in [4.69, 9.17) is 11.6 Å². The van der Waals surface area contributed by atoms with Crippen LogP contribution in [-0.4, -0.2) is 40.1 Å². The predicted molar refractivity (Wildman–Crippen MR) is 79.6 cm³/mol. The Hall–Kier alpha value is -1.13. The van der Waals surface area contributed by atoms with Crippen molar-refractivity contribution in [2.24, 2.45) is 0 Å². The Morgan fingerprint density at radius 1 is 1.37 bits per heavy atom. The van der Waals surface area contributed by atoms with E-state index in [1.165, 1.54) is 6.42 Å². The first-order valence-corrected chi connectivity index (χ1v) is 7.12. The van der Waals surface area contributed by atoms with Crippen molar-refractivity contribution in [3.05, 3.63) is 24.3 Å². The van der Waals surface area contributed by atoms with Crippen molar-refractivity contribution in [3.63, 3.8) is 0 Å². The largest absolute Gasteiger partial charge is 0.327 e. The zero-order valence-electron chi connectivity index (χ0n) is 11.8. The lowest BCUT2D eigenvalue weighted by Gasteiger charge is -2.12. The summed E-state index contributed by atoms with van der Waals surface area (Å²) in [5.41, 5.74) is 2.06. The van der Waals surface area contributed by atoms with Crippen molar-refractivity contribution in [1.29, 1.82) is 0 Å². The number of aryl methyl sites for hydroxylation is 1. The Labute approximate surface area is 119 Å². The molecule has 2 heterocycles. The van der Waals surface area contributed by atoms with Gasteiger partial charge >= 0.3 is 0 Å². The topological polar surface area (TPSA) is 34.0 Å². The Kier molecular flexibility index (Phi) is 4.77. The molecule has 0 aliphatic rings. The summed E-state index contributed by atoms with van der Waals surface area (Å²) in [7, 11) is 4.20. The average molecular weight is 281 g/mol. The fourth-order valence-corrected chi connectivity index (χ4v) is 2.40. The number of unbranched alkanes of at least 4 members (excludes halogenated alkanes) is 1. The van der Waals surface area contributed by atoms with E-state index in [1.807, 2.05) is 19.2 Å². The van der Waals surface area contributed by atoms with Gasteiger partial charge in [-0.1, -0.05) is 0 Å². The summed E-state index contributed by atoms with van der Waals surface area (Å²) >= 11 is 6.23. The zero-order chi connectivity index (χ0) is 13.8. The van der Waals surface area contributed by atoms with Crippen molar-refractivity contribution in [1.82, 2.24) is 19.4 Å². The highest BCUT2D eigenvalue weighted by molar-refractivity contribution is 6.20. The van der Waals surface area contributed by atoms with Gasteiger partial charge in [-0.05, 0) is 46.5 Å². The van der Waals surface area contributed by atoms with Crippen LogP contribution in [0.2, 0.25) is 0 Å². The number of nitrogens with zero attached hydrogens (tertiary/aromatic N) is 4. The van der Waals surface area contributed by atoms with Gasteiger partial charge in [0, 0.05) is 12.7 Å². The fraction of sp³-hybridized carbons (Fsp3) is 0.571. The molecule has 1 atom stereocenters.